The van der Waals surface area contributed by atoms with Gasteiger partial charge in [0.2, 0.25) is 0 Å². The van der Waals surface area contributed by atoms with E-state index in [9.17, 15) is 0 Å². The molecule has 0 atom stereocenters. The topological polar surface area (TPSA) is 25.8 Å². The predicted molar refractivity (Wildman–Crippen MR) is 62.9 cm³/mol. The molecule has 0 aliphatic heterocycles. The maximum atomic E-state index is 4.24. The minimum Gasteiger partial charge on any atom is -0.245 e. The van der Waals surface area contributed by atoms with Gasteiger partial charge in [-0.15, -0.1) is 11.3 Å². The average molecular weight is 212 g/mol. The summed E-state index contributed by atoms with van der Waals surface area (Å²) in [5, 5.41) is 1.27. The highest BCUT2D eigenvalue weighted by molar-refractivity contribution is 7.22. The minimum atomic E-state index is 0.992. The number of rotatable bonds is 1. The molecule has 0 saturated carbocycles. The molecule has 0 aliphatic carbocycles. The van der Waals surface area contributed by atoms with Crippen LogP contribution in [0.3, 0.4) is 0 Å². The second-order valence-electron chi connectivity index (χ2n) is 3.24. The van der Waals surface area contributed by atoms with Gasteiger partial charge in [0, 0.05) is 10.9 Å². The van der Waals surface area contributed by atoms with Crippen molar-refractivity contribution in [2.24, 2.45) is 0 Å². The third-order valence-corrected chi connectivity index (χ3v) is 3.40. The molecule has 2 nitrogen and oxygen atoms in total. The summed E-state index contributed by atoms with van der Waals surface area (Å²) in [6.45, 7) is 0. The van der Waals surface area contributed by atoms with Gasteiger partial charge in [0.1, 0.15) is 6.33 Å². The Labute approximate surface area is 91.2 Å². The molecule has 3 rings (SSSR count). The summed E-state index contributed by atoms with van der Waals surface area (Å²) in [5.41, 5.74) is 0.992. The largest absolute Gasteiger partial charge is 0.245 e. The molecule has 3 aromatic rings. The van der Waals surface area contributed by atoms with Gasteiger partial charge in [0.15, 0.2) is 0 Å². The van der Waals surface area contributed by atoms with E-state index < -0.39 is 0 Å². The van der Waals surface area contributed by atoms with Crippen molar-refractivity contribution in [3.05, 3.63) is 48.9 Å². The maximum Gasteiger partial charge on any atom is 0.116 e. The normalized spacial score (nSPS) is 10.7. The van der Waals surface area contributed by atoms with Gasteiger partial charge in [-0.2, -0.15) is 0 Å². The molecular weight excluding hydrogens is 204 g/mol. The van der Waals surface area contributed by atoms with Crippen LogP contribution in [0.15, 0.2) is 48.9 Å². The molecule has 0 N–H and O–H groups in total. The van der Waals surface area contributed by atoms with Crippen molar-refractivity contribution < 1.29 is 0 Å². The van der Waals surface area contributed by atoms with Crippen LogP contribution >= 0.6 is 11.3 Å². The van der Waals surface area contributed by atoms with Crippen molar-refractivity contribution in [1.82, 2.24) is 9.97 Å². The highest BCUT2D eigenvalue weighted by Gasteiger charge is 2.03. The van der Waals surface area contributed by atoms with Gasteiger partial charge in [0.25, 0.3) is 0 Å². The molecule has 0 spiro atoms. The first-order chi connectivity index (χ1) is 7.43. The zero-order valence-electron chi connectivity index (χ0n) is 7.92. The molecule has 0 bridgehead atoms. The molecule has 15 heavy (non-hydrogen) atoms. The lowest BCUT2D eigenvalue weighted by Crippen LogP contribution is -1.79. The van der Waals surface area contributed by atoms with Crippen LogP contribution < -0.4 is 0 Å². The summed E-state index contributed by atoms with van der Waals surface area (Å²) in [6, 6.07) is 12.5. The monoisotopic (exact) mass is 212 g/mol. The quantitative estimate of drug-likeness (QED) is 0.618. The maximum absolute atomic E-state index is 4.24. The summed E-state index contributed by atoms with van der Waals surface area (Å²) in [7, 11) is 0. The second kappa shape index (κ2) is 3.44. The van der Waals surface area contributed by atoms with Gasteiger partial charge in [-0.05, 0) is 23.6 Å². The smallest absolute Gasteiger partial charge is 0.116 e. The lowest BCUT2D eigenvalue weighted by Gasteiger charge is -1.91. The lowest BCUT2D eigenvalue weighted by molar-refractivity contribution is 1.18. The number of aromatic nitrogens is 2. The Balaban J connectivity index is 2.21. The lowest BCUT2D eigenvalue weighted by atomic mass is 10.2. The zero-order valence-corrected chi connectivity index (χ0v) is 8.74. The molecule has 0 aliphatic rings. The number of hydrogen-bond acceptors (Lipinski definition) is 3. The van der Waals surface area contributed by atoms with Crippen molar-refractivity contribution in [2.75, 3.05) is 0 Å². The van der Waals surface area contributed by atoms with E-state index in [-0.39, 0.29) is 0 Å². The van der Waals surface area contributed by atoms with Gasteiger partial charge >= 0.3 is 0 Å². The van der Waals surface area contributed by atoms with E-state index in [1.165, 1.54) is 15.0 Å². The number of fused-ring (bicyclic) bond motifs is 1. The van der Waals surface area contributed by atoms with Crippen LogP contribution in [0.1, 0.15) is 0 Å². The van der Waals surface area contributed by atoms with Crippen LogP contribution in [0.2, 0.25) is 0 Å². The summed E-state index contributed by atoms with van der Waals surface area (Å²) in [4.78, 5) is 9.36. The molecule has 1 aromatic carbocycles. The molecule has 0 unspecified atom stereocenters. The molecule has 0 fully saturated rings. The molecule has 3 heteroatoms. The zero-order chi connectivity index (χ0) is 10.1. The molecule has 0 amide bonds. The van der Waals surface area contributed by atoms with Gasteiger partial charge in [-0.1, -0.05) is 18.2 Å². The Morgan fingerprint density at radius 1 is 1.07 bits per heavy atom. The average Bonchev–Trinajstić information content (AvgIpc) is 2.74. The standard InChI is InChI=1S/C12H8N2S/c1-2-4-11-9(3-1)7-12(15-11)10-5-6-13-8-14-10/h1-8H. The SMILES string of the molecule is c1ccc2sc(-c3ccncn3)cc2c1. The van der Waals surface area contributed by atoms with Crippen molar-refractivity contribution >= 4 is 21.4 Å². The van der Waals surface area contributed by atoms with E-state index in [1.807, 2.05) is 6.07 Å². The number of thiophene rings is 1. The third-order valence-electron chi connectivity index (χ3n) is 2.26. The third kappa shape index (κ3) is 1.51. The van der Waals surface area contributed by atoms with Crippen LogP contribution in [0, 0.1) is 0 Å². The number of benzene rings is 1. The molecule has 2 aromatic heterocycles. The van der Waals surface area contributed by atoms with E-state index in [0.29, 0.717) is 0 Å². The van der Waals surface area contributed by atoms with Gasteiger partial charge in [-0.25, -0.2) is 9.97 Å². The van der Waals surface area contributed by atoms with Gasteiger partial charge in [-0.3, -0.25) is 0 Å². The second-order valence-corrected chi connectivity index (χ2v) is 4.33. The molecule has 2 heterocycles. The Morgan fingerprint density at radius 3 is 2.80 bits per heavy atom. The Kier molecular flexibility index (Phi) is 1.96. The first-order valence-corrected chi connectivity index (χ1v) is 5.50. The van der Waals surface area contributed by atoms with E-state index in [2.05, 4.69) is 40.3 Å². The number of nitrogens with zero attached hydrogens (tertiary/aromatic N) is 2. The summed E-state index contributed by atoms with van der Waals surface area (Å²) in [5.74, 6) is 0. The first kappa shape index (κ1) is 8.56. The molecule has 72 valence electrons. The fourth-order valence-electron chi connectivity index (χ4n) is 1.54. The van der Waals surface area contributed by atoms with Crippen molar-refractivity contribution in [1.29, 1.82) is 0 Å². The highest BCUT2D eigenvalue weighted by atomic mass is 32.1. The van der Waals surface area contributed by atoms with E-state index in [1.54, 1.807) is 23.9 Å². The van der Waals surface area contributed by atoms with Gasteiger partial charge in [0.05, 0.1) is 10.6 Å². The number of hydrogen-bond donors (Lipinski definition) is 0. The Hall–Kier alpha value is -1.74. The van der Waals surface area contributed by atoms with Gasteiger partial charge < -0.3 is 0 Å². The van der Waals surface area contributed by atoms with Crippen LogP contribution in [0.25, 0.3) is 20.7 Å². The van der Waals surface area contributed by atoms with Crippen LogP contribution in [0.4, 0.5) is 0 Å². The Bertz CT molecular complexity index is 554. The van der Waals surface area contributed by atoms with E-state index >= 15 is 0 Å². The van der Waals surface area contributed by atoms with E-state index in [4.69, 9.17) is 0 Å². The first-order valence-electron chi connectivity index (χ1n) is 4.68. The van der Waals surface area contributed by atoms with Crippen molar-refractivity contribution in [3.63, 3.8) is 0 Å². The molecule has 0 saturated heterocycles. The Morgan fingerprint density at radius 2 is 2.00 bits per heavy atom. The van der Waals surface area contributed by atoms with Crippen LogP contribution in [-0.2, 0) is 0 Å². The predicted octanol–water partition coefficient (Wildman–Crippen LogP) is 3.36. The van der Waals surface area contributed by atoms with Crippen LogP contribution in [-0.4, -0.2) is 9.97 Å². The summed E-state index contributed by atoms with van der Waals surface area (Å²) < 4.78 is 1.30. The van der Waals surface area contributed by atoms with Crippen LogP contribution in [0.5, 0.6) is 0 Å². The fourth-order valence-corrected chi connectivity index (χ4v) is 2.58. The van der Waals surface area contributed by atoms with E-state index in [0.717, 1.165) is 5.69 Å². The van der Waals surface area contributed by atoms with Crippen molar-refractivity contribution in [3.8, 4) is 10.6 Å². The summed E-state index contributed by atoms with van der Waals surface area (Å²) >= 11 is 1.76. The van der Waals surface area contributed by atoms with Crippen molar-refractivity contribution in [2.45, 2.75) is 0 Å². The minimum absolute atomic E-state index is 0.992. The highest BCUT2D eigenvalue weighted by Crippen LogP contribution is 2.31. The molecular formula is C12H8N2S. The summed E-state index contributed by atoms with van der Waals surface area (Å²) in [6.07, 6.45) is 3.35. The fraction of sp³-hybridized carbons (Fsp3) is 0. The molecule has 0 radical (unpaired) electrons.